The van der Waals surface area contributed by atoms with Crippen LogP contribution in [0.15, 0.2) is 47.4 Å². The molecule has 41 heavy (non-hydrogen) atoms. The fourth-order valence-electron chi connectivity index (χ4n) is 4.95. The first-order valence-electron chi connectivity index (χ1n) is 12.9. The lowest BCUT2D eigenvalue weighted by Gasteiger charge is -2.43. The molecule has 216 valence electrons. The molecule has 0 aromatic heterocycles. The molecule has 0 radical (unpaired) electrons. The van der Waals surface area contributed by atoms with E-state index in [0.717, 1.165) is 15.4 Å². The minimum Gasteiger partial charge on any atom is -0.481 e. The van der Waals surface area contributed by atoms with Gasteiger partial charge in [-0.3, -0.25) is 29.0 Å². The Morgan fingerprint density at radius 1 is 1.12 bits per heavy atom. The minimum atomic E-state index is -4.21. The van der Waals surface area contributed by atoms with E-state index in [-0.39, 0.29) is 37.1 Å². The Labute approximate surface area is 234 Å². The van der Waals surface area contributed by atoms with E-state index in [4.69, 9.17) is 10.6 Å². The summed E-state index contributed by atoms with van der Waals surface area (Å²) in [6.45, 7) is 0.130. The highest BCUT2D eigenvalue weighted by molar-refractivity contribution is 7.89. The van der Waals surface area contributed by atoms with Crippen LogP contribution in [-0.4, -0.2) is 88.7 Å². The predicted molar refractivity (Wildman–Crippen MR) is 142 cm³/mol. The zero-order chi connectivity index (χ0) is 29.7. The van der Waals surface area contributed by atoms with Crippen molar-refractivity contribution in [3.8, 4) is 0 Å². The second kappa shape index (κ2) is 12.4. The summed E-state index contributed by atoms with van der Waals surface area (Å²) in [4.78, 5) is 66.2. The van der Waals surface area contributed by atoms with Crippen LogP contribution in [0.4, 0.5) is 0 Å². The summed E-state index contributed by atoms with van der Waals surface area (Å²) in [6.07, 6.45) is 0.0637. The van der Waals surface area contributed by atoms with Crippen LogP contribution in [0.2, 0.25) is 0 Å². The first-order chi connectivity index (χ1) is 19.5. The van der Waals surface area contributed by atoms with Gasteiger partial charge in [-0.1, -0.05) is 30.3 Å². The van der Waals surface area contributed by atoms with Gasteiger partial charge in [0, 0.05) is 19.4 Å². The van der Waals surface area contributed by atoms with Crippen molar-refractivity contribution in [3.63, 3.8) is 0 Å². The Bertz CT molecular complexity index is 1550. The lowest BCUT2D eigenvalue weighted by molar-refractivity contribution is -0.176. The van der Waals surface area contributed by atoms with E-state index in [1.807, 2.05) is 12.1 Å². The number of carboxylic acid groups (broad SMARTS) is 1. The number of amides is 3. The summed E-state index contributed by atoms with van der Waals surface area (Å²) in [5.74, 6) is -4.11. The molecular formula is C26H29N6O8S+. The number of nitrogens with zero attached hydrogens (tertiary/aromatic N) is 3. The highest BCUT2D eigenvalue weighted by Gasteiger charge is 2.45. The SMILES string of the molecule is N=[N+]=CC(=O)[C@H](CCC(=O)O)NC(=O)[C@@H]1CCCN2C(=O)CC[C@H](NS(=O)(=O)c3ccc4ccccc4c3)C(=O)N12. The average Bonchev–Trinajstić information content (AvgIpc) is 3.06. The molecule has 0 unspecified atom stereocenters. The van der Waals surface area contributed by atoms with Crippen LogP contribution in [0.25, 0.3) is 10.8 Å². The van der Waals surface area contributed by atoms with Crippen molar-refractivity contribution in [1.82, 2.24) is 20.1 Å². The van der Waals surface area contributed by atoms with Crippen LogP contribution in [0, 0.1) is 5.53 Å². The zero-order valence-electron chi connectivity index (χ0n) is 21.9. The van der Waals surface area contributed by atoms with Crippen LogP contribution in [0.1, 0.15) is 38.5 Å². The zero-order valence-corrected chi connectivity index (χ0v) is 22.7. The van der Waals surface area contributed by atoms with Crippen LogP contribution in [-0.2, 0) is 34.0 Å². The van der Waals surface area contributed by atoms with Crippen molar-refractivity contribution in [1.29, 1.82) is 5.53 Å². The van der Waals surface area contributed by atoms with Gasteiger partial charge < -0.3 is 10.4 Å². The number of hydrogen-bond acceptors (Lipinski definition) is 8. The van der Waals surface area contributed by atoms with Gasteiger partial charge in [-0.05, 0) is 48.6 Å². The molecule has 2 aliphatic rings. The maximum atomic E-state index is 13.7. The van der Waals surface area contributed by atoms with Gasteiger partial charge in [-0.25, -0.2) is 13.4 Å². The van der Waals surface area contributed by atoms with Crippen LogP contribution < -0.4 is 10.0 Å². The monoisotopic (exact) mass is 585 g/mol. The van der Waals surface area contributed by atoms with Crippen LogP contribution in [0.3, 0.4) is 0 Å². The van der Waals surface area contributed by atoms with Crippen LogP contribution >= 0.6 is 0 Å². The van der Waals surface area contributed by atoms with E-state index in [1.165, 1.54) is 12.1 Å². The van der Waals surface area contributed by atoms with Crippen LogP contribution in [0.5, 0.6) is 0 Å². The second-order valence-electron chi connectivity index (χ2n) is 9.73. The third-order valence-corrected chi connectivity index (χ3v) is 8.46. The Morgan fingerprint density at radius 2 is 1.85 bits per heavy atom. The maximum Gasteiger partial charge on any atom is 0.374 e. The Balaban J connectivity index is 1.59. The highest BCUT2D eigenvalue weighted by Crippen LogP contribution is 2.26. The first-order valence-corrected chi connectivity index (χ1v) is 14.4. The molecule has 0 spiro atoms. The molecular weight excluding hydrogens is 556 g/mol. The van der Waals surface area contributed by atoms with E-state index in [0.29, 0.717) is 18.0 Å². The second-order valence-corrected chi connectivity index (χ2v) is 11.4. The summed E-state index contributed by atoms with van der Waals surface area (Å²) >= 11 is 0. The highest BCUT2D eigenvalue weighted by atomic mass is 32.2. The molecule has 2 aromatic rings. The number of ketones is 1. The van der Waals surface area contributed by atoms with Crippen molar-refractivity contribution in [2.75, 3.05) is 6.54 Å². The normalized spacial score (nSPS) is 20.0. The quantitative estimate of drug-likeness (QED) is 0.172. The van der Waals surface area contributed by atoms with Gasteiger partial charge in [0.1, 0.15) is 12.1 Å². The molecule has 2 aliphatic heterocycles. The molecule has 2 heterocycles. The molecule has 2 saturated heterocycles. The number of carbonyl (C=O) groups excluding carboxylic acids is 4. The van der Waals surface area contributed by atoms with Crippen molar-refractivity contribution < 1.29 is 42.3 Å². The molecule has 4 N–H and O–H groups in total. The number of carboxylic acids is 1. The van der Waals surface area contributed by atoms with Gasteiger partial charge in [-0.15, -0.1) is 0 Å². The molecule has 3 amide bonds. The summed E-state index contributed by atoms with van der Waals surface area (Å²) in [6, 6.07) is 7.75. The lowest BCUT2D eigenvalue weighted by atomic mass is 10.0. The van der Waals surface area contributed by atoms with Crippen molar-refractivity contribution >= 4 is 56.5 Å². The number of sulfonamides is 1. The summed E-state index contributed by atoms with van der Waals surface area (Å²) in [5.41, 5.74) is 6.88. The van der Waals surface area contributed by atoms with Crippen molar-refractivity contribution in [2.24, 2.45) is 0 Å². The maximum absolute atomic E-state index is 13.7. The molecule has 0 bridgehead atoms. The van der Waals surface area contributed by atoms with Gasteiger partial charge >= 0.3 is 12.2 Å². The fraction of sp³-hybridized carbons (Fsp3) is 0.385. The summed E-state index contributed by atoms with van der Waals surface area (Å²) < 4.78 is 29.0. The molecule has 0 saturated carbocycles. The Morgan fingerprint density at radius 3 is 2.56 bits per heavy atom. The number of carbonyl (C=O) groups is 5. The topological polar surface area (TPSA) is 208 Å². The molecule has 0 aliphatic carbocycles. The predicted octanol–water partition coefficient (Wildman–Crippen LogP) is 0.244. The van der Waals surface area contributed by atoms with Crippen molar-refractivity contribution in [3.05, 3.63) is 42.5 Å². The molecule has 4 rings (SSSR count). The van der Waals surface area contributed by atoms with Gasteiger partial charge in [0.2, 0.25) is 21.8 Å². The first kappa shape index (κ1) is 29.5. The van der Waals surface area contributed by atoms with Gasteiger partial charge in [0.05, 0.1) is 21.3 Å². The fourth-order valence-corrected chi connectivity index (χ4v) is 6.21. The number of aliphatic carboxylic acids is 1. The number of nitrogens with one attached hydrogen (secondary N) is 3. The van der Waals surface area contributed by atoms with E-state index >= 15 is 0 Å². The number of fused-ring (bicyclic) bond motifs is 2. The average molecular weight is 586 g/mol. The number of hydrazine groups is 1. The summed E-state index contributed by atoms with van der Waals surface area (Å²) in [5, 5.41) is 15.0. The molecule has 2 fully saturated rings. The lowest BCUT2D eigenvalue weighted by Crippen LogP contribution is -2.64. The van der Waals surface area contributed by atoms with E-state index in [9.17, 15) is 32.4 Å². The third kappa shape index (κ3) is 6.65. The van der Waals surface area contributed by atoms with Gasteiger partial charge in [0.15, 0.2) is 0 Å². The van der Waals surface area contributed by atoms with E-state index < -0.39 is 64.0 Å². The van der Waals surface area contributed by atoms with Crippen molar-refractivity contribution in [2.45, 2.75) is 61.5 Å². The number of rotatable bonds is 10. The van der Waals surface area contributed by atoms with E-state index in [1.54, 1.807) is 18.2 Å². The standard InChI is InChI=1S/C26H28N6O8S/c27-28-15-22(33)19(10-12-24(35)36)29-25(37)21-6-3-13-31-23(34)11-9-20(26(38)32(21)31)30-41(39,40)18-8-7-16-4-1-2-5-17(16)14-18/h1-2,4-5,7-8,14-15,19-21,27,30H,3,6,9-13H2,(H-,29,35,36,37)/p+1/t19-,20-,21-/m0/s1. The smallest absolute Gasteiger partial charge is 0.374 e. The molecule has 3 atom stereocenters. The number of benzene rings is 2. The third-order valence-electron chi connectivity index (χ3n) is 6.99. The Hall–Kier alpha value is -4.46. The number of hydrogen-bond donors (Lipinski definition) is 4. The van der Waals surface area contributed by atoms with Gasteiger partial charge in [-0.2, -0.15) is 4.72 Å². The van der Waals surface area contributed by atoms with Gasteiger partial charge in [0.25, 0.3) is 11.7 Å². The number of Topliss-reactive ketones (excluding diaryl/α,β-unsaturated/α-hetero) is 1. The molecule has 15 heteroatoms. The Kier molecular flexibility index (Phi) is 8.91. The minimum absolute atomic E-state index is 0.0693. The molecule has 2 aromatic carbocycles. The molecule has 14 nitrogen and oxygen atoms in total. The van der Waals surface area contributed by atoms with E-state index in [2.05, 4.69) is 14.8 Å². The largest absolute Gasteiger partial charge is 0.481 e. The summed E-state index contributed by atoms with van der Waals surface area (Å²) in [7, 11) is -4.21.